The molecule has 1 aromatic rings. The number of hydrogen-bond acceptors (Lipinski definition) is 3. The molecule has 0 spiro atoms. The van der Waals surface area contributed by atoms with Gasteiger partial charge in [-0.25, -0.2) is 0 Å². The zero-order chi connectivity index (χ0) is 17.7. The van der Waals surface area contributed by atoms with Crippen LogP contribution in [0.25, 0.3) is 0 Å². The van der Waals surface area contributed by atoms with Crippen LogP contribution >= 0.6 is 0 Å². The molecule has 0 heterocycles. The molecule has 128 valence electrons. The average Bonchev–Trinajstić information content (AvgIpc) is 2.49. The third-order valence-electron chi connectivity index (χ3n) is 4.10. The van der Waals surface area contributed by atoms with Gasteiger partial charge in [-0.15, -0.1) is 0 Å². The molecular weight excluding hydrogens is 302 g/mol. The highest BCUT2D eigenvalue weighted by molar-refractivity contribution is 5.95. The van der Waals surface area contributed by atoms with Crippen LogP contribution in [0, 0.1) is 11.8 Å². The molecule has 24 heavy (non-hydrogen) atoms. The van der Waals surface area contributed by atoms with Crippen molar-refractivity contribution < 1.29 is 14.3 Å². The van der Waals surface area contributed by atoms with Crippen LogP contribution in [0.3, 0.4) is 0 Å². The summed E-state index contributed by atoms with van der Waals surface area (Å²) < 4.78 is 5.35. The molecule has 2 unspecified atom stereocenters. The number of carbonyl (C=O) groups excluding carboxylic acids is 2. The lowest BCUT2D eigenvalue weighted by atomic mass is 9.82. The maximum atomic E-state index is 12.7. The molecule has 0 fully saturated rings. The van der Waals surface area contributed by atoms with E-state index < -0.39 is 5.60 Å². The molecule has 0 aliphatic heterocycles. The van der Waals surface area contributed by atoms with Crippen LogP contribution in [-0.2, 0) is 14.3 Å². The van der Waals surface area contributed by atoms with Crippen LogP contribution in [-0.4, -0.2) is 17.5 Å². The van der Waals surface area contributed by atoms with Gasteiger partial charge in [0.05, 0.1) is 5.92 Å². The summed E-state index contributed by atoms with van der Waals surface area (Å²) in [7, 11) is 0. The Kier molecular flexibility index (Phi) is 5.60. The summed E-state index contributed by atoms with van der Waals surface area (Å²) in [5.74, 6) is -0.421. The molecule has 1 aromatic carbocycles. The first-order valence-corrected chi connectivity index (χ1v) is 8.25. The summed E-state index contributed by atoms with van der Waals surface area (Å²) in [4.78, 5) is 23.9. The number of para-hydroxylation sites is 1. The standard InChI is InChI=1S/C20H25NO3/c1-14(2)18(19(23)21-17-8-6-5-7-9-17)16-10-12-20(4,13-11-16)24-15(3)22/h5-12,14,18H,13H2,1-4H3,(H,21,23). The van der Waals surface area contributed by atoms with Crippen molar-refractivity contribution in [1.29, 1.82) is 0 Å². The minimum Gasteiger partial charge on any atom is -0.455 e. The smallest absolute Gasteiger partial charge is 0.303 e. The number of amides is 1. The van der Waals surface area contributed by atoms with Gasteiger partial charge in [0.2, 0.25) is 5.91 Å². The van der Waals surface area contributed by atoms with Crippen molar-refractivity contribution in [3.05, 3.63) is 54.1 Å². The molecule has 1 amide bonds. The number of anilines is 1. The van der Waals surface area contributed by atoms with E-state index in [0.29, 0.717) is 6.42 Å². The van der Waals surface area contributed by atoms with Crippen LogP contribution in [0.1, 0.15) is 34.1 Å². The molecular formula is C20H25NO3. The fourth-order valence-corrected chi connectivity index (χ4v) is 2.94. The second-order valence-corrected chi connectivity index (χ2v) is 6.72. The van der Waals surface area contributed by atoms with Gasteiger partial charge in [-0.3, -0.25) is 9.59 Å². The Labute approximate surface area is 143 Å². The van der Waals surface area contributed by atoms with E-state index in [2.05, 4.69) is 5.32 Å². The molecule has 2 atom stereocenters. The Balaban J connectivity index is 2.13. The molecule has 1 N–H and O–H groups in total. The predicted octanol–water partition coefficient (Wildman–Crippen LogP) is 4.11. The van der Waals surface area contributed by atoms with Gasteiger partial charge in [-0.2, -0.15) is 0 Å². The number of rotatable bonds is 5. The van der Waals surface area contributed by atoms with Crippen LogP contribution in [0.5, 0.6) is 0 Å². The van der Waals surface area contributed by atoms with Crippen LogP contribution < -0.4 is 5.32 Å². The fourth-order valence-electron chi connectivity index (χ4n) is 2.94. The monoisotopic (exact) mass is 327 g/mol. The maximum Gasteiger partial charge on any atom is 0.303 e. The van der Waals surface area contributed by atoms with E-state index in [1.165, 1.54) is 6.92 Å². The minimum absolute atomic E-state index is 0.0248. The van der Waals surface area contributed by atoms with Crippen LogP contribution in [0.2, 0.25) is 0 Å². The van der Waals surface area contributed by atoms with Gasteiger partial charge >= 0.3 is 5.97 Å². The second-order valence-electron chi connectivity index (χ2n) is 6.72. The lowest BCUT2D eigenvalue weighted by molar-refractivity contribution is -0.150. The number of ether oxygens (including phenoxy) is 1. The molecule has 4 heteroatoms. The van der Waals surface area contributed by atoms with Gasteiger partial charge in [0, 0.05) is 19.0 Å². The number of allylic oxidation sites excluding steroid dienone is 1. The first kappa shape index (κ1) is 18.0. The largest absolute Gasteiger partial charge is 0.455 e. The highest BCUT2D eigenvalue weighted by Gasteiger charge is 2.31. The Hall–Kier alpha value is -2.36. The van der Waals surface area contributed by atoms with E-state index in [1.54, 1.807) is 0 Å². The molecule has 0 aromatic heterocycles. The molecule has 4 nitrogen and oxygen atoms in total. The highest BCUT2D eigenvalue weighted by atomic mass is 16.6. The molecule has 0 radical (unpaired) electrons. The molecule has 1 aliphatic rings. The van der Waals surface area contributed by atoms with Crippen molar-refractivity contribution in [1.82, 2.24) is 0 Å². The van der Waals surface area contributed by atoms with Gasteiger partial charge in [-0.05, 0) is 36.6 Å². The normalized spacial score (nSPS) is 21.1. The molecule has 0 saturated heterocycles. The van der Waals surface area contributed by atoms with Crippen LogP contribution in [0.4, 0.5) is 5.69 Å². The third-order valence-corrected chi connectivity index (χ3v) is 4.10. The van der Waals surface area contributed by atoms with Crippen molar-refractivity contribution in [2.24, 2.45) is 11.8 Å². The van der Waals surface area contributed by atoms with Crippen molar-refractivity contribution in [3.8, 4) is 0 Å². The molecule has 2 rings (SSSR count). The highest BCUT2D eigenvalue weighted by Crippen LogP contribution is 2.31. The van der Waals surface area contributed by atoms with E-state index in [1.807, 2.05) is 69.3 Å². The first-order valence-electron chi connectivity index (χ1n) is 8.25. The number of carbonyl (C=O) groups is 2. The summed E-state index contributed by atoms with van der Waals surface area (Å²) in [5.41, 5.74) is 1.12. The quantitative estimate of drug-likeness (QED) is 0.828. The minimum atomic E-state index is -0.632. The molecule has 1 aliphatic carbocycles. The average molecular weight is 327 g/mol. The number of hydrogen-bond donors (Lipinski definition) is 1. The van der Waals surface area contributed by atoms with E-state index in [-0.39, 0.29) is 23.7 Å². The number of benzene rings is 1. The van der Waals surface area contributed by atoms with Crippen molar-refractivity contribution >= 4 is 17.6 Å². The van der Waals surface area contributed by atoms with Crippen molar-refractivity contribution in [3.63, 3.8) is 0 Å². The Morgan fingerprint density at radius 2 is 1.88 bits per heavy atom. The molecule has 0 bridgehead atoms. The van der Waals surface area contributed by atoms with E-state index >= 15 is 0 Å². The van der Waals surface area contributed by atoms with E-state index in [4.69, 9.17) is 4.74 Å². The summed E-state index contributed by atoms with van der Waals surface area (Å²) >= 11 is 0. The zero-order valence-corrected chi connectivity index (χ0v) is 14.7. The van der Waals surface area contributed by atoms with Gasteiger partial charge in [0.1, 0.15) is 5.60 Å². The molecule has 0 saturated carbocycles. The predicted molar refractivity (Wildman–Crippen MR) is 95.4 cm³/mol. The lowest BCUT2D eigenvalue weighted by Crippen LogP contribution is -2.33. The Morgan fingerprint density at radius 3 is 2.38 bits per heavy atom. The van der Waals surface area contributed by atoms with Crippen molar-refractivity contribution in [2.75, 3.05) is 5.32 Å². The fraction of sp³-hybridized carbons (Fsp3) is 0.400. The van der Waals surface area contributed by atoms with E-state index in [0.717, 1.165) is 11.3 Å². The second kappa shape index (κ2) is 7.47. The van der Waals surface area contributed by atoms with Crippen molar-refractivity contribution in [2.45, 2.75) is 39.7 Å². The zero-order valence-electron chi connectivity index (χ0n) is 14.7. The van der Waals surface area contributed by atoms with Gasteiger partial charge in [0.25, 0.3) is 0 Å². The summed E-state index contributed by atoms with van der Waals surface area (Å²) in [6.07, 6.45) is 6.34. The number of esters is 1. The SMILES string of the molecule is CC(=O)OC1(C)C=CC(C(C(=O)Nc2ccccc2)C(C)C)=CC1. The third kappa shape index (κ3) is 4.57. The Bertz CT molecular complexity index is 661. The van der Waals surface area contributed by atoms with Gasteiger partial charge < -0.3 is 10.1 Å². The lowest BCUT2D eigenvalue weighted by Gasteiger charge is -2.30. The Morgan fingerprint density at radius 1 is 1.21 bits per heavy atom. The topological polar surface area (TPSA) is 55.4 Å². The number of nitrogens with one attached hydrogen (secondary N) is 1. The first-order chi connectivity index (χ1) is 11.3. The maximum absolute atomic E-state index is 12.7. The van der Waals surface area contributed by atoms with E-state index in [9.17, 15) is 9.59 Å². The van der Waals surface area contributed by atoms with Crippen LogP contribution in [0.15, 0.2) is 54.1 Å². The summed E-state index contributed by atoms with van der Waals surface area (Å²) in [5, 5.41) is 2.97. The van der Waals surface area contributed by atoms with Gasteiger partial charge in [0.15, 0.2) is 0 Å². The summed E-state index contributed by atoms with van der Waals surface area (Å²) in [6, 6.07) is 9.45. The summed E-state index contributed by atoms with van der Waals surface area (Å²) in [6.45, 7) is 7.34. The van der Waals surface area contributed by atoms with Gasteiger partial charge in [-0.1, -0.05) is 44.2 Å².